The van der Waals surface area contributed by atoms with E-state index in [1.165, 1.54) is 16.9 Å². The third-order valence-electron chi connectivity index (χ3n) is 3.60. The Hall–Kier alpha value is -1.33. The number of carbonyl (C=O) groups excluding carboxylic acids is 1. The van der Waals surface area contributed by atoms with Gasteiger partial charge < -0.3 is 0 Å². The molecule has 0 radical (unpaired) electrons. The van der Waals surface area contributed by atoms with Crippen molar-refractivity contribution in [1.82, 2.24) is 9.78 Å². The molecule has 6 heteroatoms. The molecule has 2 unspecified atom stereocenters. The van der Waals surface area contributed by atoms with Gasteiger partial charge in [-0.05, 0) is 18.9 Å². The van der Waals surface area contributed by atoms with Crippen LogP contribution in [-0.2, 0) is 7.05 Å². The molecule has 2 rings (SSSR count). The molecule has 0 saturated heterocycles. The maximum atomic E-state index is 12.9. The molecule has 0 aliphatic heterocycles. The molecule has 0 bridgehead atoms. The third kappa shape index (κ3) is 2.42. The van der Waals surface area contributed by atoms with Crippen LogP contribution in [0.4, 0.5) is 13.2 Å². The number of nitrogens with zero attached hydrogens (tertiary/aromatic N) is 2. The lowest BCUT2D eigenvalue weighted by Crippen LogP contribution is -2.37. The van der Waals surface area contributed by atoms with Gasteiger partial charge >= 0.3 is 6.18 Å². The summed E-state index contributed by atoms with van der Waals surface area (Å²) < 4.78 is 40.1. The summed E-state index contributed by atoms with van der Waals surface area (Å²) in [5.74, 6) is -2.89. The van der Waals surface area contributed by atoms with Gasteiger partial charge in [0.25, 0.3) is 0 Å². The van der Waals surface area contributed by atoms with Crippen molar-refractivity contribution in [2.24, 2.45) is 18.9 Å². The lowest BCUT2D eigenvalue weighted by molar-refractivity contribution is -0.191. The van der Waals surface area contributed by atoms with Crippen LogP contribution in [0.25, 0.3) is 0 Å². The van der Waals surface area contributed by atoms with Crippen LogP contribution in [0.2, 0.25) is 0 Å². The molecule has 0 N–H and O–H groups in total. The lowest BCUT2D eigenvalue weighted by Gasteiger charge is -2.31. The smallest absolute Gasteiger partial charge is 0.292 e. The first-order chi connectivity index (χ1) is 8.41. The van der Waals surface area contributed by atoms with Gasteiger partial charge in [0.2, 0.25) is 0 Å². The van der Waals surface area contributed by atoms with Crippen molar-refractivity contribution in [2.45, 2.75) is 31.9 Å². The third-order valence-corrected chi connectivity index (χ3v) is 3.60. The van der Waals surface area contributed by atoms with Crippen molar-refractivity contribution in [3.05, 3.63) is 18.0 Å². The molecule has 0 aromatic carbocycles. The Morgan fingerprint density at radius 3 is 2.61 bits per heavy atom. The molecule has 0 spiro atoms. The summed E-state index contributed by atoms with van der Waals surface area (Å²) in [6, 6.07) is 1.48. The summed E-state index contributed by atoms with van der Waals surface area (Å²) >= 11 is 0. The van der Waals surface area contributed by atoms with E-state index in [0.717, 1.165) is 0 Å². The number of ketones is 1. The van der Waals surface area contributed by atoms with Gasteiger partial charge in [0.1, 0.15) is 5.69 Å². The number of hydrogen-bond donors (Lipinski definition) is 0. The van der Waals surface area contributed by atoms with Crippen molar-refractivity contribution >= 4 is 5.78 Å². The van der Waals surface area contributed by atoms with E-state index >= 15 is 0 Å². The average Bonchev–Trinajstić information content (AvgIpc) is 2.73. The van der Waals surface area contributed by atoms with Crippen LogP contribution in [0.5, 0.6) is 0 Å². The molecule has 100 valence electrons. The quantitative estimate of drug-likeness (QED) is 0.766. The predicted molar refractivity (Wildman–Crippen MR) is 59.0 cm³/mol. The number of rotatable bonds is 2. The number of hydrogen-bond acceptors (Lipinski definition) is 2. The second-order valence-corrected chi connectivity index (χ2v) is 4.74. The molecule has 18 heavy (non-hydrogen) atoms. The first-order valence-corrected chi connectivity index (χ1v) is 6.00. The van der Waals surface area contributed by atoms with Gasteiger partial charge in [0.15, 0.2) is 5.78 Å². The predicted octanol–water partition coefficient (Wildman–Crippen LogP) is 2.97. The van der Waals surface area contributed by atoms with Crippen LogP contribution < -0.4 is 0 Å². The van der Waals surface area contributed by atoms with Crippen LogP contribution in [0.1, 0.15) is 36.2 Å². The largest absolute Gasteiger partial charge is 0.392 e. The Bertz CT molecular complexity index is 439. The first-order valence-electron chi connectivity index (χ1n) is 6.00. The molecular weight excluding hydrogens is 245 g/mol. The second kappa shape index (κ2) is 4.74. The van der Waals surface area contributed by atoms with E-state index in [1.807, 2.05) is 0 Å². The average molecular weight is 260 g/mol. The van der Waals surface area contributed by atoms with E-state index in [1.54, 1.807) is 7.05 Å². The summed E-state index contributed by atoms with van der Waals surface area (Å²) in [5, 5.41) is 3.83. The number of alkyl halides is 3. The van der Waals surface area contributed by atoms with Gasteiger partial charge in [-0.15, -0.1) is 0 Å². The van der Waals surface area contributed by atoms with Crippen LogP contribution in [0.3, 0.4) is 0 Å². The van der Waals surface area contributed by atoms with E-state index in [-0.39, 0.29) is 12.1 Å². The highest BCUT2D eigenvalue weighted by molar-refractivity contribution is 5.96. The van der Waals surface area contributed by atoms with Gasteiger partial charge in [-0.3, -0.25) is 9.48 Å². The Kier molecular flexibility index (Phi) is 3.45. The molecule has 1 saturated carbocycles. The fourth-order valence-electron chi connectivity index (χ4n) is 2.64. The lowest BCUT2D eigenvalue weighted by atomic mass is 9.76. The summed E-state index contributed by atoms with van der Waals surface area (Å²) in [4.78, 5) is 12.2. The van der Waals surface area contributed by atoms with Crippen molar-refractivity contribution in [3.63, 3.8) is 0 Å². The van der Waals surface area contributed by atoms with E-state index in [4.69, 9.17) is 0 Å². The summed E-state index contributed by atoms with van der Waals surface area (Å²) in [5.41, 5.74) is 0.260. The molecule has 1 aliphatic carbocycles. The van der Waals surface area contributed by atoms with Crippen LogP contribution >= 0.6 is 0 Å². The first kappa shape index (κ1) is 13.1. The van der Waals surface area contributed by atoms with Gasteiger partial charge in [0.05, 0.1) is 5.92 Å². The van der Waals surface area contributed by atoms with Gasteiger partial charge in [0, 0.05) is 19.2 Å². The Labute approximate surface area is 103 Å². The molecule has 1 aromatic heterocycles. The fourth-order valence-corrected chi connectivity index (χ4v) is 2.64. The van der Waals surface area contributed by atoms with Gasteiger partial charge in [-0.1, -0.05) is 12.8 Å². The maximum Gasteiger partial charge on any atom is 0.392 e. The van der Waals surface area contributed by atoms with E-state index < -0.39 is 23.8 Å². The van der Waals surface area contributed by atoms with Gasteiger partial charge in [-0.25, -0.2) is 0 Å². The molecule has 1 fully saturated rings. The SMILES string of the molecule is Cn1nccc1C(=O)C1CCCCC1C(F)(F)F. The highest BCUT2D eigenvalue weighted by Crippen LogP contribution is 2.42. The molecule has 1 heterocycles. The summed E-state index contributed by atoms with van der Waals surface area (Å²) in [6.45, 7) is 0. The Morgan fingerprint density at radius 1 is 1.39 bits per heavy atom. The zero-order valence-corrected chi connectivity index (χ0v) is 10.1. The van der Waals surface area contributed by atoms with Crippen LogP contribution in [0, 0.1) is 11.8 Å². The molecule has 2 atom stereocenters. The monoisotopic (exact) mass is 260 g/mol. The van der Waals surface area contributed by atoms with Crippen molar-refractivity contribution in [3.8, 4) is 0 Å². The normalized spacial score (nSPS) is 25.1. The summed E-state index contributed by atoms with van der Waals surface area (Å²) in [7, 11) is 1.57. The van der Waals surface area contributed by atoms with Crippen LogP contribution in [-0.4, -0.2) is 21.7 Å². The van der Waals surface area contributed by atoms with Gasteiger partial charge in [-0.2, -0.15) is 18.3 Å². The number of halogens is 3. The zero-order chi connectivity index (χ0) is 13.3. The van der Waals surface area contributed by atoms with Crippen molar-refractivity contribution < 1.29 is 18.0 Å². The molecule has 0 amide bonds. The minimum atomic E-state index is -4.29. The number of aryl methyl sites for hydroxylation is 1. The molecule has 1 aromatic rings. The standard InChI is InChI=1S/C12H15F3N2O/c1-17-10(6-7-16-17)11(18)8-4-2-3-5-9(8)12(13,14)15/h6-9H,2-5H2,1H3. The highest BCUT2D eigenvalue weighted by Gasteiger charge is 2.48. The minimum absolute atomic E-state index is 0.0533. The maximum absolute atomic E-state index is 12.9. The fraction of sp³-hybridized carbons (Fsp3) is 0.667. The number of carbonyl (C=O) groups is 1. The van der Waals surface area contributed by atoms with Crippen LogP contribution in [0.15, 0.2) is 12.3 Å². The molecular formula is C12H15F3N2O. The minimum Gasteiger partial charge on any atom is -0.292 e. The van der Waals surface area contributed by atoms with Crippen molar-refractivity contribution in [2.75, 3.05) is 0 Å². The Balaban J connectivity index is 2.25. The highest BCUT2D eigenvalue weighted by atomic mass is 19.4. The Morgan fingerprint density at radius 2 is 2.06 bits per heavy atom. The summed E-state index contributed by atoms with van der Waals surface area (Å²) in [6.07, 6.45) is -1.27. The topological polar surface area (TPSA) is 34.9 Å². The van der Waals surface area contributed by atoms with E-state index in [2.05, 4.69) is 5.10 Å². The zero-order valence-electron chi connectivity index (χ0n) is 10.1. The molecule has 3 nitrogen and oxygen atoms in total. The molecule has 1 aliphatic rings. The van der Waals surface area contributed by atoms with E-state index in [9.17, 15) is 18.0 Å². The van der Waals surface area contributed by atoms with E-state index in [0.29, 0.717) is 19.3 Å². The second-order valence-electron chi connectivity index (χ2n) is 4.74. The van der Waals surface area contributed by atoms with Crippen molar-refractivity contribution in [1.29, 1.82) is 0 Å². The number of Topliss-reactive ketones (excluding diaryl/α,β-unsaturated/α-hetero) is 1. The number of aromatic nitrogens is 2.